The van der Waals surface area contributed by atoms with E-state index in [2.05, 4.69) is 12.2 Å². The molecule has 0 radical (unpaired) electrons. The topological polar surface area (TPSA) is 12.0 Å². The summed E-state index contributed by atoms with van der Waals surface area (Å²) in [5.74, 6) is -0.831. The molecule has 0 bridgehead atoms. The standard InChI is InChI=1S/C16H17F2N/c1-3-11-4-6-12(7-5-11)16(19-2)14-10-13(17)8-9-15(14)18/h4-10,16,19H,3H2,1-2H3. The molecule has 100 valence electrons. The molecule has 19 heavy (non-hydrogen) atoms. The van der Waals surface area contributed by atoms with Gasteiger partial charge in [0.15, 0.2) is 0 Å². The van der Waals surface area contributed by atoms with Gasteiger partial charge in [0.1, 0.15) is 11.6 Å². The predicted octanol–water partition coefficient (Wildman–Crippen LogP) is 3.84. The summed E-state index contributed by atoms with van der Waals surface area (Å²) in [5, 5.41) is 3.03. The van der Waals surface area contributed by atoms with Gasteiger partial charge in [-0.2, -0.15) is 0 Å². The molecular formula is C16H17F2N. The van der Waals surface area contributed by atoms with Gasteiger partial charge in [-0.15, -0.1) is 0 Å². The molecule has 1 nitrogen and oxygen atoms in total. The number of hydrogen-bond donors (Lipinski definition) is 1. The number of aryl methyl sites for hydroxylation is 1. The maximum atomic E-state index is 13.8. The lowest BCUT2D eigenvalue weighted by Gasteiger charge is -2.18. The summed E-state index contributed by atoms with van der Waals surface area (Å²) in [4.78, 5) is 0. The van der Waals surface area contributed by atoms with Gasteiger partial charge in [-0.1, -0.05) is 31.2 Å². The van der Waals surface area contributed by atoms with Gasteiger partial charge in [0.25, 0.3) is 0 Å². The first kappa shape index (κ1) is 13.7. The van der Waals surface area contributed by atoms with Crippen LogP contribution in [-0.4, -0.2) is 7.05 Å². The third kappa shape index (κ3) is 2.99. The first-order chi connectivity index (χ1) is 9.15. The van der Waals surface area contributed by atoms with Crippen LogP contribution in [0.4, 0.5) is 8.78 Å². The Morgan fingerprint density at radius 2 is 1.74 bits per heavy atom. The number of hydrogen-bond acceptors (Lipinski definition) is 1. The second-order valence-corrected chi connectivity index (χ2v) is 4.48. The largest absolute Gasteiger partial charge is 0.309 e. The summed E-state index contributed by atoms with van der Waals surface area (Å²) >= 11 is 0. The number of nitrogens with one attached hydrogen (secondary N) is 1. The van der Waals surface area contributed by atoms with Gasteiger partial charge in [-0.25, -0.2) is 8.78 Å². The van der Waals surface area contributed by atoms with Crippen molar-refractivity contribution in [1.82, 2.24) is 5.32 Å². The van der Waals surface area contributed by atoms with E-state index < -0.39 is 11.6 Å². The molecule has 2 aromatic carbocycles. The van der Waals surface area contributed by atoms with Gasteiger partial charge in [-0.3, -0.25) is 0 Å². The van der Waals surface area contributed by atoms with Crippen LogP contribution < -0.4 is 5.32 Å². The van der Waals surface area contributed by atoms with Crippen molar-refractivity contribution in [2.75, 3.05) is 7.05 Å². The van der Waals surface area contributed by atoms with Gasteiger partial charge >= 0.3 is 0 Å². The SMILES string of the molecule is CCc1ccc(C(NC)c2cc(F)ccc2F)cc1. The molecule has 0 aromatic heterocycles. The summed E-state index contributed by atoms with van der Waals surface area (Å²) < 4.78 is 27.1. The second kappa shape index (κ2) is 5.93. The van der Waals surface area contributed by atoms with Gasteiger partial charge in [-0.05, 0) is 42.8 Å². The van der Waals surface area contributed by atoms with Crippen molar-refractivity contribution in [3.05, 3.63) is 70.8 Å². The zero-order valence-corrected chi connectivity index (χ0v) is 11.1. The lowest BCUT2D eigenvalue weighted by Crippen LogP contribution is -2.19. The molecule has 0 aliphatic heterocycles. The lowest BCUT2D eigenvalue weighted by molar-refractivity contribution is 0.558. The minimum atomic E-state index is -0.429. The Bertz CT molecular complexity index is 549. The van der Waals surface area contributed by atoms with Crippen LogP contribution in [-0.2, 0) is 6.42 Å². The fraction of sp³-hybridized carbons (Fsp3) is 0.250. The smallest absolute Gasteiger partial charge is 0.128 e. The fourth-order valence-corrected chi connectivity index (χ4v) is 2.18. The third-order valence-electron chi connectivity index (χ3n) is 3.28. The fourth-order valence-electron chi connectivity index (χ4n) is 2.18. The van der Waals surface area contributed by atoms with E-state index in [0.717, 1.165) is 24.1 Å². The number of halogens is 2. The van der Waals surface area contributed by atoms with Crippen molar-refractivity contribution < 1.29 is 8.78 Å². The molecule has 2 rings (SSSR count). The normalized spacial score (nSPS) is 12.4. The van der Waals surface area contributed by atoms with Crippen molar-refractivity contribution in [3.63, 3.8) is 0 Å². The molecule has 0 fully saturated rings. The molecule has 0 spiro atoms. The zero-order chi connectivity index (χ0) is 13.8. The van der Waals surface area contributed by atoms with Gasteiger partial charge in [0.2, 0.25) is 0 Å². The molecule has 3 heteroatoms. The minimum Gasteiger partial charge on any atom is -0.309 e. The Morgan fingerprint density at radius 1 is 1.05 bits per heavy atom. The molecular weight excluding hydrogens is 244 g/mol. The molecule has 0 aliphatic rings. The van der Waals surface area contributed by atoms with Crippen molar-refractivity contribution in [1.29, 1.82) is 0 Å². The molecule has 1 N–H and O–H groups in total. The van der Waals surface area contributed by atoms with E-state index in [4.69, 9.17) is 0 Å². The van der Waals surface area contributed by atoms with Crippen LogP contribution in [0.5, 0.6) is 0 Å². The summed E-state index contributed by atoms with van der Waals surface area (Å²) in [7, 11) is 1.74. The van der Waals surface area contributed by atoms with E-state index in [1.165, 1.54) is 11.6 Å². The van der Waals surface area contributed by atoms with Gasteiger partial charge in [0.05, 0.1) is 6.04 Å². The molecule has 0 aliphatic carbocycles. The van der Waals surface area contributed by atoms with Crippen LogP contribution in [0.3, 0.4) is 0 Å². The number of rotatable bonds is 4. The van der Waals surface area contributed by atoms with Crippen molar-refractivity contribution in [2.45, 2.75) is 19.4 Å². The Kier molecular flexibility index (Phi) is 4.27. The Balaban J connectivity index is 2.40. The van der Waals surface area contributed by atoms with Gasteiger partial charge < -0.3 is 5.32 Å². The molecule has 0 saturated carbocycles. The Morgan fingerprint density at radius 3 is 2.32 bits per heavy atom. The maximum absolute atomic E-state index is 13.8. The minimum absolute atomic E-state index is 0.326. The monoisotopic (exact) mass is 261 g/mol. The highest BCUT2D eigenvalue weighted by Crippen LogP contribution is 2.25. The van der Waals surface area contributed by atoms with Crippen LogP contribution in [0, 0.1) is 11.6 Å². The molecule has 2 aromatic rings. The molecule has 1 unspecified atom stereocenters. The predicted molar refractivity (Wildman–Crippen MR) is 73.1 cm³/mol. The van der Waals surface area contributed by atoms with E-state index in [0.29, 0.717) is 5.56 Å². The average Bonchev–Trinajstić information content (AvgIpc) is 2.44. The quantitative estimate of drug-likeness (QED) is 0.881. The van der Waals surface area contributed by atoms with Crippen LogP contribution in [0.15, 0.2) is 42.5 Å². The molecule has 0 heterocycles. The third-order valence-corrected chi connectivity index (χ3v) is 3.28. The lowest BCUT2D eigenvalue weighted by atomic mass is 9.97. The maximum Gasteiger partial charge on any atom is 0.128 e. The summed E-state index contributed by atoms with van der Waals surface area (Å²) in [5.41, 5.74) is 2.47. The first-order valence-corrected chi connectivity index (χ1v) is 6.36. The Hall–Kier alpha value is -1.74. The van der Waals surface area contributed by atoms with E-state index in [1.54, 1.807) is 7.05 Å². The Labute approximate surface area is 112 Å². The van der Waals surface area contributed by atoms with E-state index in [1.807, 2.05) is 24.3 Å². The van der Waals surface area contributed by atoms with E-state index >= 15 is 0 Å². The first-order valence-electron chi connectivity index (χ1n) is 6.36. The summed E-state index contributed by atoms with van der Waals surface area (Å²) in [6.45, 7) is 2.08. The van der Waals surface area contributed by atoms with Crippen LogP contribution in [0.25, 0.3) is 0 Å². The van der Waals surface area contributed by atoms with Crippen molar-refractivity contribution in [3.8, 4) is 0 Å². The van der Waals surface area contributed by atoms with Crippen molar-refractivity contribution in [2.24, 2.45) is 0 Å². The summed E-state index contributed by atoms with van der Waals surface area (Å²) in [6, 6.07) is 11.1. The van der Waals surface area contributed by atoms with Crippen molar-refractivity contribution >= 4 is 0 Å². The van der Waals surface area contributed by atoms with Gasteiger partial charge in [0, 0.05) is 5.56 Å². The van der Waals surface area contributed by atoms with E-state index in [-0.39, 0.29) is 6.04 Å². The zero-order valence-electron chi connectivity index (χ0n) is 11.1. The highest BCUT2D eigenvalue weighted by molar-refractivity contribution is 5.34. The van der Waals surface area contributed by atoms with Crippen LogP contribution in [0.1, 0.15) is 29.7 Å². The summed E-state index contributed by atoms with van der Waals surface area (Å²) in [6.07, 6.45) is 0.957. The highest BCUT2D eigenvalue weighted by atomic mass is 19.1. The van der Waals surface area contributed by atoms with Crippen LogP contribution in [0.2, 0.25) is 0 Å². The molecule has 0 amide bonds. The molecule has 0 saturated heterocycles. The highest BCUT2D eigenvalue weighted by Gasteiger charge is 2.16. The van der Waals surface area contributed by atoms with E-state index in [9.17, 15) is 8.78 Å². The number of benzene rings is 2. The average molecular weight is 261 g/mol. The second-order valence-electron chi connectivity index (χ2n) is 4.48. The van der Waals surface area contributed by atoms with Crippen LogP contribution >= 0.6 is 0 Å². The molecule has 1 atom stereocenters.